The van der Waals surface area contributed by atoms with E-state index in [1.54, 1.807) is 0 Å². The normalized spacial score (nSPS) is 11.9. The first-order valence-electron chi connectivity index (χ1n) is 8.70. The third kappa shape index (κ3) is 2.95. The molecule has 0 radical (unpaired) electrons. The van der Waals surface area contributed by atoms with Crippen molar-refractivity contribution in [3.8, 4) is 11.3 Å². The van der Waals surface area contributed by atoms with Gasteiger partial charge < -0.3 is 9.40 Å². The number of nitrogens with one attached hydrogen (secondary N) is 2. The van der Waals surface area contributed by atoms with Gasteiger partial charge in [-0.05, 0) is 24.3 Å². The summed E-state index contributed by atoms with van der Waals surface area (Å²) >= 11 is 0. The molecule has 0 atom stereocenters. The number of nitrogens with zero attached hydrogens (tertiary/aromatic N) is 2. The lowest BCUT2D eigenvalue weighted by molar-refractivity contribution is 0.618. The second kappa shape index (κ2) is 6.46. The molecular formula is C22H16N4O. The summed E-state index contributed by atoms with van der Waals surface area (Å²) in [5.74, 6) is 1.36. The van der Waals surface area contributed by atoms with E-state index in [1.807, 2.05) is 84.9 Å². The zero-order valence-corrected chi connectivity index (χ0v) is 14.4. The molecule has 0 aliphatic carbocycles. The van der Waals surface area contributed by atoms with Gasteiger partial charge in [0, 0.05) is 17.0 Å². The predicted octanol–water partition coefficient (Wildman–Crippen LogP) is 4.90. The van der Waals surface area contributed by atoms with Crippen LogP contribution in [-0.4, -0.2) is 9.97 Å². The summed E-state index contributed by atoms with van der Waals surface area (Å²) in [5.41, 5.74) is 6.68. The fraction of sp³-hybridized carbons (Fsp3) is 0. The Bertz CT molecular complexity index is 1270. The lowest BCUT2D eigenvalue weighted by Gasteiger charge is -2.04. The summed E-state index contributed by atoms with van der Waals surface area (Å²) in [5, 5.41) is 6.30. The number of aromatic nitrogens is 2. The van der Waals surface area contributed by atoms with E-state index in [0.29, 0.717) is 5.95 Å². The van der Waals surface area contributed by atoms with Crippen LogP contribution in [0.2, 0.25) is 0 Å². The Morgan fingerprint density at radius 3 is 2.52 bits per heavy atom. The van der Waals surface area contributed by atoms with Gasteiger partial charge >= 0.3 is 0 Å². The van der Waals surface area contributed by atoms with Crippen molar-refractivity contribution in [1.29, 1.82) is 0 Å². The molecule has 5 nitrogen and oxygen atoms in total. The fourth-order valence-electron chi connectivity index (χ4n) is 3.07. The van der Waals surface area contributed by atoms with E-state index in [9.17, 15) is 0 Å². The van der Waals surface area contributed by atoms with Gasteiger partial charge in [0.2, 0.25) is 5.95 Å². The first kappa shape index (κ1) is 15.4. The molecule has 5 rings (SSSR count). The van der Waals surface area contributed by atoms with E-state index >= 15 is 0 Å². The second-order valence-corrected chi connectivity index (χ2v) is 6.18. The molecule has 2 N–H and O–H groups in total. The Kier molecular flexibility index (Phi) is 3.68. The zero-order chi connectivity index (χ0) is 18.1. The van der Waals surface area contributed by atoms with Crippen LogP contribution < -0.4 is 10.8 Å². The molecule has 130 valence electrons. The number of hydrogen-bond acceptors (Lipinski definition) is 4. The lowest BCUT2D eigenvalue weighted by atomic mass is 10.1. The number of imidazole rings is 1. The Hall–Kier alpha value is -3.86. The molecule has 0 aliphatic rings. The minimum atomic E-state index is 0.599. The molecule has 0 spiro atoms. The van der Waals surface area contributed by atoms with E-state index in [0.717, 1.165) is 38.7 Å². The van der Waals surface area contributed by atoms with E-state index in [1.165, 1.54) is 0 Å². The molecular weight excluding hydrogens is 336 g/mol. The topological polar surface area (TPSA) is 66.2 Å². The third-order valence-corrected chi connectivity index (χ3v) is 4.38. The minimum Gasteiger partial charge on any atom is -0.456 e. The van der Waals surface area contributed by atoms with Gasteiger partial charge in [0.25, 0.3) is 0 Å². The molecule has 5 aromatic rings. The molecule has 0 bridgehead atoms. The molecule has 0 saturated heterocycles. The molecule has 0 aliphatic heterocycles. The van der Waals surface area contributed by atoms with Gasteiger partial charge in [0.15, 0.2) is 0 Å². The highest BCUT2D eigenvalue weighted by Crippen LogP contribution is 2.21. The molecule has 2 heterocycles. The minimum absolute atomic E-state index is 0.599. The number of H-pyrrole nitrogens is 1. The summed E-state index contributed by atoms with van der Waals surface area (Å²) in [4.78, 5) is 7.73. The maximum absolute atomic E-state index is 6.08. The zero-order valence-electron chi connectivity index (χ0n) is 14.4. The highest BCUT2D eigenvalue weighted by molar-refractivity contribution is 5.79. The van der Waals surface area contributed by atoms with Crippen LogP contribution in [0.4, 0.5) is 5.95 Å². The molecule has 5 heteroatoms. The Balaban J connectivity index is 1.63. The standard InChI is InChI=1S/C22H16N4O/c1-2-8-15(9-3-1)21-14-19(16-10-4-7-13-20(16)27-21)25-26-22-23-17-11-5-6-12-18(17)24-22/h1-14H,(H2,23,24,26)/b25-19-. The molecule has 0 fully saturated rings. The van der Waals surface area contributed by atoms with E-state index in [-0.39, 0.29) is 0 Å². The van der Waals surface area contributed by atoms with Gasteiger partial charge in [-0.25, -0.2) is 10.4 Å². The number of anilines is 1. The lowest BCUT2D eigenvalue weighted by Crippen LogP contribution is -2.07. The Morgan fingerprint density at radius 2 is 1.63 bits per heavy atom. The largest absolute Gasteiger partial charge is 0.456 e. The Labute approximate surface area is 155 Å². The van der Waals surface area contributed by atoms with Crippen molar-refractivity contribution in [3.05, 3.63) is 90.3 Å². The van der Waals surface area contributed by atoms with Crippen LogP contribution in [0, 0.1) is 0 Å². The maximum Gasteiger partial charge on any atom is 0.222 e. The van der Waals surface area contributed by atoms with Gasteiger partial charge in [-0.1, -0.05) is 54.6 Å². The van der Waals surface area contributed by atoms with Crippen LogP contribution in [0.25, 0.3) is 33.3 Å². The van der Waals surface area contributed by atoms with E-state index in [2.05, 4.69) is 20.5 Å². The summed E-state index contributed by atoms with van der Waals surface area (Å²) in [6.07, 6.45) is 0. The first-order chi connectivity index (χ1) is 13.4. The molecule has 0 saturated carbocycles. The average Bonchev–Trinajstić information content (AvgIpc) is 3.15. The smallest absolute Gasteiger partial charge is 0.222 e. The van der Waals surface area contributed by atoms with Crippen molar-refractivity contribution in [1.82, 2.24) is 9.97 Å². The van der Waals surface area contributed by atoms with E-state index < -0.39 is 0 Å². The van der Waals surface area contributed by atoms with Gasteiger partial charge in [0.05, 0.1) is 16.4 Å². The predicted molar refractivity (Wildman–Crippen MR) is 107 cm³/mol. The van der Waals surface area contributed by atoms with Gasteiger partial charge in [-0.2, -0.15) is 5.10 Å². The van der Waals surface area contributed by atoms with Crippen molar-refractivity contribution in [2.45, 2.75) is 0 Å². The second-order valence-electron chi connectivity index (χ2n) is 6.18. The average molecular weight is 352 g/mol. The molecule has 0 amide bonds. The number of fused-ring (bicyclic) bond motifs is 2. The molecule has 2 aromatic heterocycles. The fourth-order valence-corrected chi connectivity index (χ4v) is 3.07. The maximum atomic E-state index is 6.08. The van der Waals surface area contributed by atoms with E-state index in [4.69, 9.17) is 4.42 Å². The highest BCUT2D eigenvalue weighted by atomic mass is 16.3. The van der Waals surface area contributed by atoms with Crippen molar-refractivity contribution in [2.75, 3.05) is 5.43 Å². The van der Waals surface area contributed by atoms with Crippen LogP contribution in [0.15, 0.2) is 94.4 Å². The quantitative estimate of drug-likeness (QED) is 0.454. The van der Waals surface area contributed by atoms with Crippen molar-refractivity contribution < 1.29 is 4.42 Å². The van der Waals surface area contributed by atoms with Crippen LogP contribution in [0.5, 0.6) is 0 Å². The van der Waals surface area contributed by atoms with Crippen molar-refractivity contribution in [2.24, 2.45) is 5.10 Å². The third-order valence-electron chi connectivity index (χ3n) is 4.38. The summed E-state index contributed by atoms with van der Waals surface area (Å²) in [6.45, 7) is 0. The number of rotatable bonds is 3. The molecule has 27 heavy (non-hydrogen) atoms. The summed E-state index contributed by atoms with van der Waals surface area (Å²) < 4.78 is 6.08. The van der Waals surface area contributed by atoms with Gasteiger partial charge in [-0.15, -0.1) is 0 Å². The molecule has 3 aromatic carbocycles. The highest BCUT2D eigenvalue weighted by Gasteiger charge is 2.06. The van der Waals surface area contributed by atoms with Gasteiger partial charge in [0.1, 0.15) is 11.3 Å². The van der Waals surface area contributed by atoms with Crippen LogP contribution in [0.3, 0.4) is 0 Å². The van der Waals surface area contributed by atoms with Crippen LogP contribution in [-0.2, 0) is 0 Å². The first-order valence-corrected chi connectivity index (χ1v) is 8.70. The summed E-state index contributed by atoms with van der Waals surface area (Å²) in [6, 6.07) is 27.7. The van der Waals surface area contributed by atoms with Crippen molar-refractivity contribution in [3.63, 3.8) is 0 Å². The Morgan fingerprint density at radius 1 is 0.852 bits per heavy atom. The number of aromatic amines is 1. The summed E-state index contributed by atoms with van der Waals surface area (Å²) in [7, 11) is 0. The molecule has 0 unspecified atom stereocenters. The van der Waals surface area contributed by atoms with Crippen molar-refractivity contribution >= 4 is 28.0 Å². The van der Waals surface area contributed by atoms with Crippen LogP contribution >= 0.6 is 0 Å². The monoisotopic (exact) mass is 352 g/mol. The van der Waals surface area contributed by atoms with Gasteiger partial charge in [-0.3, -0.25) is 0 Å². The number of benzene rings is 3. The number of para-hydroxylation sites is 3. The van der Waals surface area contributed by atoms with Crippen LogP contribution in [0.1, 0.15) is 0 Å². The number of hydrogen-bond donors (Lipinski definition) is 2. The SMILES string of the molecule is c1ccc(-c2c/c(=N/Nc3nc4ccccc4[nH]3)c3ccccc3o2)cc1.